The van der Waals surface area contributed by atoms with E-state index in [4.69, 9.17) is 0 Å². The summed E-state index contributed by atoms with van der Waals surface area (Å²) in [6, 6.07) is 8.08. The predicted molar refractivity (Wildman–Crippen MR) is 90.6 cm³/mol. The van der Waals surface area contributed by atoms with E-state index in [1.54, 1.807) is 12.2 Å². The Morgan fingerprint density at radius 3 is 2.44 bits per heavy atom. The molecule has 0 aromatic heterocycles. The molecule has 0 radical (unpaired) electrons. The van der Waals surface area contributed by atoms with Crippen molar-refractivity contribution in [2.45, 2.75) is 10.9 Å². The van der Waals surface area contributed by atoms with Crippen molar-refractivity contribution in [2.75, 3.05) is 0 Å². The normalized spacial score (nSPS) is 20.5. The Balaban J connectivity index is 1.85. The Hall–Kier alpha value is -2.94. The van der Waals surface area contributed by atoms with Gasteiger partial charge in [0.1, 0.15) is 17.3 Å². The molecule has 1 unspecified atom stereocenters. The van der Waals surface area contributed by atoms with Gasteiger partial charge >= 0.3 is 15.6 Å². The molecular formula is C18H11F3O5S. The molecule has 2 N–H and O–H groups in total. The first-order valence-electron chi connectivity index (χ1n) is 7.64. The number of hydrogen-bond acceptors (Lipinski definition) is 5. The zero-order valence-electron chi connectivity index (χ0n) is 13.4. The third-order valence-electron chi connectivity index (χ3n) is 4.57. The van der Waals surface area contributed by atoms with Crippen LogP contribution in [-0.4, -0.2) is 24.1 Å². The molecule has 2 aromatic rings. The van der Waals surface area contributed by atoms with Crippen molar-refractivity contribution in [3.63, 3.8) is 0 Å². The maximum absolute atomic E-state index is 12.6. The van der Waals surface area contributed by atoms with Gasteiger partial charge in [-0.1, -0.05) is 18.2 Å². The van der Waals surface area contributed by atoms with Crippen molar-refractivity contribution in [1.29, 1.82) is 0 Å². The monoisotopic (exact) mass is 396 g/mol. The molecule has 0 heterocycles. The van der Waals surface area contributed by atoms with Crippen LogP contribution in [0.3, 0.4) is 0 Å². The standard InChI is InChI=1S/C18H11F3O5S/c19-18(20,21)27(24,25)26-12-3-1-10-5-6-17(14(10)8-12)9-16(23)13-4-2-11(22)7-15(13)17/h1-9,22-23H. The molecule has 140 valence electrons. The lowest BCUT2D eigenvalue weighted by molar-refractivity contribution is -0.0500. The highest BCUT2D eigenvalue weighted by Crippen LogP contribution is 2.51. The van der Waals surface area contributed by atoms with Gasteiger partial charge in [0.05, 0.1) is 5.41 Å². The lowest BCUT2D eigenvalue weighted by Gasteiger charge is -2.24. The molecule has 0 fully saturated rings. The average molecular weight is 396 g/mol. The summed E-state index contributed by atoms with van der Waals surface area (Å²) in [7, 11) is -5.81. The van der Waals surface area contributed by atoms with Crippen LogP contribution in [0.15, 0.2) is 48.6 Å². The molecule has 2 aromatic carbocycles. The van der Waals surface area contributed by atoms with Crippen LogP contribution in [0.1, 0.15) is 22.3 Å². The topological polar surface area (TPSA) is 83.8 Å². The molecule has 0 saturated heterocycles. The quantitative estimate of drug-likeness (QED) is 0.595. The second-order valence-corrected chi connectivity index (χ2v) is 7.73. The fraction of sp³-hybridized carbons (Fsp3) is 0.111. The SMILES string of the molecule is O=S(=O)(Oc1ccc2c(c1)C1(C=C2)C=C(O)c2ccc(O)cc21)C(F)(F)F. The van der Waals surface area contributed by atoms with Gasteiger partial charge in [0.15, 0.2) is 0 Å². The molecular weight excluding hydrogens is 385 g/mol. The second kappa shape index (κ2) is 5.29. The molecule has 0 saturated carbocycles. The molecule has 0 aliphatic heterocycles. The largest absolute Gasteiger partial charge is 0.534 e. The minimum absolute atomic E-state index is 0.0508. The van der Waals surface area contributed by atoms with Crippen LogP contribution in [0.4, 0.5) is 13.2 Å². The van der Waals surface area contributed by atoms with Crippen LogP contribution in [0.2, 0.25) is 0 Å². The van der Waals surface area contributed by atoms with Gasteiger partial charge in [-0.2, -0.15) is 21.6 Å². The van der Waals surface area contributed by atoms with E-state index >= 15 is 0 Å². The number of rotatable bonds is 2. The zero-order chi connectivity index (χ0) is 19.6. The number of aliphatic hydroxyl groups is 1. The maximum Gasteiger partial charge on any atom is 0.534 e. The van der Waals surface area contributed by atoms with Crippen molar-refractivity contribution >= 4 is 22.0 Å². The predicted octanol–water partition coefficient (Wildman–Crippen LogP) is 3.85. The van der Waals surface area contributed by atoms with Crippen LogP contribution < -0.4 is 4.18 Å². The number of aliphatic hydroxyl groups excluding tert-OH is 1. The highest BCUT2D eigenvalue weighted by Gasteiger charge is 2.49. The van der Waals surface area contributed by atoms with Gasteiger partial charge in [-0.25, -0.2) is 0 Å². The minimum atomic E-state index is -5.81. The van der Waals surface area contributed by atoms with E-state index in [0.29, 0.717) is 22.3 Å². The number of phenols is 1. The van der Waals surface area contributed by atoms with Crippen LogP contribution in [0.5, 0.6) is 11.5 Å². The van der Waals surface area contributed by atoms with Crippen LogP contribution in [-0.2, 0) is 15.5 Å². The highest BCUT2D eigenvalue weighted by molar-refractivity contribution is 7.88. The Morgan fingerprint density at radius 2 is 1.74 bits per heavy atom. The molecule has 1 spiro atoms. The first kappa shape index (κ1) is 17.5. The smallest absolute Gasteiger partial charge is 0.508 e. The molecule has 4 rings (SSSR count). The van der Waals surface area contributed by atoms with Gasteiger partial charge in [0.2, 0.25) is 0 Å². The summed E-state index contributed by atoms with van der Waals surface area (Å²) >= 11 is 0. The summed E-state index contributed by atoms with van der Waals surface area (Å²) in [6.45, 7) is 0. The number of halogens is 3. The summed E-state index contributed by atoms with van der Waals surface area (Å²) < 4.78 is 64.5. The van der Waals surface area contributed by atoms with E-state index in [1.807, 2.05) is 0 Å². The van der Waals surface area contributed by atoms with Crippen LogP contribution >= 0.6 is 0 Å². The summed E-state index contributed by atoms with van der Waals surface area (Å²) in [4.78, 5) is 0. The Labute approximate surface area is 151 Å². The molecule has 2 aliphatic carbocycles. The van der Waals surface area contributed by atoms with Crippen molar-refractivity contribution in [2.24, 2.45) is 0 Å². The number of fused-ring (bicyclic) bond motifs is 4. The Bertz CT molecular complexity index is 1130. The second-order valence-electron chi connectivity index (χ2n) is 6.19. The van der Waals surface area contributed by atoms with E-state index in [9.17, 15) is 31.8 Å². The summed E-state index contributed by atoms with van der Waals surface area (Å²) in [5, 5.41) is 20.1. The third-order valence-corrected chi connectivity index (χ3v) is 5.55. The Kier molecular flexibility index (Phi) is 3.42. The summed E-state index contributed by atoms with van der Waals surface area (Å²) in [5.74, 6) is -0.613. The van der Waals surface area contributed by atoms with Gasteiger partial charge in [-0.15, -0.1) is 0 Å². The molecule has 9 heteroatoms. The van der Waals surface area contributed by atoms with E-state index in [-0.39, 0.29) is 11.5 Å². The fourth-order valence-corrected chi connectivity index (χ4v) is 3.86. The number of benzene rings is 2. The van der Waals surface area contributed by atoms with Gasteiger partial charge in [0, 0.05) is 5.56 Å². The molecule has 5 nitrogen and oxygen atoms in total. The first-order chi connectivity index (χ1) is 12.5. The van der Waals surface area contributed by atoms with Crippen molar-refractivity contribution < 1.29 is 36.0 Å². The van der Waals surface area contributed by atoms with E-state index in [0.717, 1.165) is 6.07 Å². The maximum atomic E-state index is 12.6. The van der Waals surface area contributed by atoms with Crippen molar-refractivity contribution in [3.8, 4) is 11.5 Å². The Morgan fingerprint density at radius 1 is 1.00 bits per heavy atom. The van der Waals surface area contributed by atoms with Gasteiger partial charge in [0.25, 0.3) is 0 Å². The molecule has 2 aliphatic rings. The van der Waals surface area contributed by atoms with E-state index in [2.05, 4.69) is 4.18 Å². The average Bonchev–Trinajstić information content (AvgIpc) is 3.05. The molecule has 0 amide bonds. The zero-order valence-corrected chi connectivity index (χ0v) is 14.2. The van der Waals surface area contributed by atoms with E-state index in [1.165, 1.54) is 36.4 Å². The number of phenolic OH excluding ortho intramolecular Hbond substituents is 1. The number of hydrogen-bond donors (Lipinski definition) is 2. The molecule has 0 bridgehead atoms. The number of alkyl halides is 3. The number of allylic oxidation sites excluding steroid dienone is 2. The highest BCUT2D eigenvalue weighted by atomic mass is 32.2. The van der Waals surface area contributed by atoms with Gasteiger partial charge < -0.3 is 14.4 Å². The van der Waals surface area contributed by atoms with Gasteiger partial charge in [-0.05, 0) is 53.1 Å². The van der Waals surface area contributed by atoms with Crippen molar-refractivity contribution in [3.05, 3.63) is 70.8 Å². The minimum Gasteiger partial charge on any atom is -0.508 e. The fourth-order valence-electron chi connectivity index (χ4n) is 3.41. The van der Waals surface area contributed by atoms with Crippen LogP contribution in [0, 0.1) is 0 Å². The third kappa shape index (κ3) is 2.49. The number of aromatic hydroxyl groups is 1. The summed E-state index contributed by atoms with van der Waals surface area (Å²) in [5.41, 5.74) is -4.58. The summed E-state index contributed by atoms with van der Waals surface area (Å²) in [6.07, 6.45) is 4.89. The van der Waals surface area contributed by atoms with Crippen molar-refractivity contribution in [1.82, 2.24) is 0 Å². The van der Waals surface area contributed by atoms with Gasteiger partial charge in [-0.3, -0.25) is 0 Å². The molecule has 27 heavy (non-hydrogen) atoms. The van der Waals surface area contributed by atoms with E-state index < -0.39 is 26.8 Å². The lowest BCUT2D eigenvalue weighted by Crippen LogP contribution is -2.28. The first-order valence-corrected chi connectivity index (χ1v) is 9.04. The van der Waals surface area contributed by atoms with Crippen LogP contribution in [0.25, 0.3) is 11.8 Å². The lowest BCUT2D eigenvalue weighted by atomic mass is 9.78. The molecule has 1 atom stereocenters.